The molecule has 1 aromatic heterocycles. The zero-order valence-corrected chi connectivity index (χ0v) is 10.7. The van der Waals surface area contributed by atoms with Crippen molar-refractivity contribution >= 4 is 17.5 Å². The highest BCUT2D eigenvalue weighted by molar-refractivity contribution is 6.30. The van der Waals surface area contributed by atoms with E-state index in [1.807, 2.05) is 18.2 Å². The first kappa shape index (κ1) is 11.5. The molecule has 1 aromatic carbocycles. The molecule has 92 valence electrons. The lowest BCUT2D eigenvalue weighted by atomic mass is 10.2. The molecule has 3 rings (SSSR count). The minimum absolute atomic E-state index is 0.605. The smallest absolute Gasteiger partial charge is 0.224 e. The number of rotatable bonds is 3. The van der Waals surface area contributed by atoms with Crippen LogP contribution in [0.2, 0.25) is 5.15 Å². The topological polar surface area (TPSA) is 37.8 Å². The van der Waals surface area contributed by atoms with Gasteiger partial charge in [-0.2, -0.15) is 0 Å². The lowest BCUT2D eigenvalue weighted by Gasteiger charge is -2.08. The molecule has 0 aliphatic heterocycles. The van der Waals surface area contributed by atoms with Crippen molar-refractivity contribution in [1.82, 2.24) is 9.97 Å². The Morgan fingerprint density at radius 1 is 1.11 bits per heavy atom. The summed E-state index contributed by atoms with van der Waals surface area (Å²) in [6.07, 6.45) is 3.15. The molecule has 0 bridgehead atoms. The number of hydrogen-bond acceptors (Lipinski definition) is 3. The summed E-state index contributed by atoms with van der Waals surface area (Å²) in [5, 5.41) is 3.83. The van der Waals surface area contributed by atoms with Gasteiger partial charge in [0, 0.05) is 12.1 Å². The van der Waals surface area contributed by atoms with Gasteiger partial charge in [0.15, 0.2) is 0 Å². The second-order valence-corrected chi connectivity index (χ2v) is 4.81. The van der Waals surface area contributed by atoms with Gasteiger partial charge in [0.05, 0.1) is 5.69 Å². The number of nitrogens with one attached hydrogen (secondary N) is 1. The molecule has 1 aliphatic rings. The highest BCUT2D eigenvalue weighted by atomic mass is 35.5. The summed E-state index contributed by atoms with van der Waals surface area (Å²) in [4.78, 5) is 8.83. The number of aromatic nitrogens is 2. The van der Waals surface area contributed by atoms with Crippen LogP contribution in [0, 0.1) is 0 Å². The fourth-order valence-corrected chi connectivity index (χ4v) is 2.53. The van der Waals surface area contributed by atoms with Crippen LogP contribution in [0.4, 0.5) is 5.95 Å². The van der Waals surface area contributed by atoms with Crippen molar-refractivity contribution in [2.45, 2.75) is 25.8 Å². The number of hydrogen-bond donors (Lipinski definition) is 1. The minimum atomic E-state index is 0.605. The van der Waals surface area contributed by atoms with Crippen molar-refractivity contribution in [2.75, 3.05) is 5.32 Å². The van der Waals surface area contributed by atoms with Crippen LogP contribution in [-0.4, -0.2) is 9.97 Å². The second-order valence-electron chi connectivity index (χ2n) is 4.46. The maximum atomic E-state index is 6.17. The number of halogens is 1. The fraction of sp³-hybridized carbons (Fsp3) is 0.286. The minimum Gasteiger partial charge on any atom is -0.350 e. The number of anilines is 1. The average molecular weight is 260 g/mol. The number of fused-ring (bicyclic) bond motifs is 1. The van der Waals surface area contributed by atoms with Crippen molar-refractivity contribution in [2.24, 2.45) is 0 Å². The van der Waals surface area contributed by atoms with Crippen LogP contribution in [0.3, 0.4) is 0 Å². The van der Waals surface area contributed by atoms with Crippen LogP contribution in [-0.2, 0) is 19.4 Å². The van der Waals surface area contributed by atoms with Gasteiger partial charge in [-0.05, 0) is 24.8 Å². The van der Waals surface area contributed by atoms with E-state index in [0.29, 0.717) is 11.1 Å². The van der Waals surface area contributed by atoms with Gasteiger partial charge in [0.2, 0.25) is 5.95 Å². The monoisotopic (exact) mass is 259 g/mol. The fourth-order valence-electron chi connectivity index (χ4n) is 2.24. The lowest BCUT2D eigenvalue weighted by molar-refractivity contribution is 0.898. The Labute approximate surface area is 111 Å². The van der Waals surface area contributed by atoms with Gasteiger partial charge in [-0.1, -0.05) is 41.9 Å². The largest absolute Gasteiger partial charge is 0.350 e. The van der Waals surface area contributed by atoms with E-state index in [1.165, 1.54) is 5.56 Å². The molecule has 1 aliphatic carbocycles. The van der Waals surface area contributed by atoms with Gasteiger partial charge < -0.3 is 5.32 Å². The molecule has 2 aromatic rings. The summed E-state index contributed by atoms with van der Waals surface area (Å²) in [5.41, 5.74) is 3.44. The number of benzene rings is 1. The molecule has 0 atom stereocenters. The van der Waals surface area contributed by atoms with Gasteiger partial charge in [0.25, 0.3) is 0 Å². The SMILES string of the molecule is Clc1nc(NCc2ccccc2)nc2c1CCC2. The Morgan fingerprint density at radius 3 is 2.78 bits per heavy atom. The molecule has 0 spiro atoms. The molecule has 18 heavy (non-hydrogen) atoms. The maximum absolute atomic E-state index is 6.17. The van der Waals surface area contributed by atoms with E-state index in [2.05, 4.69) is 27.4 Å². The van der Waals surface area contributed by atoms with E-state index >= 15 is 0 Å². The summed E-state index contributed by atoms with van der Waals surface area (Å²) in [5.74, 6) is 0.629. The predicted molar refractivity (Wildman–Crippen MR) is 72.8 cm³/mol. The van der Waals surface area contributed by atoms with Gasteiger partial charge in [-0.15, -0.1) is 0 Å². The average Bonchev–Trinajstić information content (AvgIpc) is 2.86. The molecule has 4 heteroatoms. The number of nitrogens with zero attached hydrogens (tertiary/aromatic N) is 2. The van der Waals surface area contributed by atoms with Gasteiger partial charge in [-0.3, -0.25) is 0 Å². The molecule has 1 N–H and O–H groups in total. The van der Waals surface area contributed by atoms with Crippen LogP contribution < -0.4 is 5.32 Å². The van der Waals surface area contributed by atoms with Gasteiger partial charge in [-0.25, -0.2) is 9.97 Å². The van der Waals surface area contributed by atoms with Crippen molar-refractivity contribution in [3.63, 3.8) is 0 Å². The van der Waals surface area contributed by atoms with Crippen LogP contribution in [0.1, 0.15) is 23.2 Å². The Hall–Kier alpha value is -1.61. The Bertz CT molecular complexity index is 554. The van der Waals surface area contributed by atoms with E-state index in [0.717, 1.165) is 37.1 Å². The molecule has 0 radical (unpaired) electrons. The summed E-state index contributed by atoms with van der Waals surface area (Å²) < 4.78 is 0. The molecule has 3 nitrogen and oxygen atoms in total. The van der Waals surface area contributed by atoms with E-state index in [1.54, 1.807) is 0 Å². The summed E-state index contributed by atoms with van der Waals surface area (Å²) in [7, 11) is 0. The van der Waals surface area contributed by atoms with Gasteiger partial charge >= 0.3 is 0 Å². The van der Waals surface area contributed by atoms with Crippen molar-refractivity contribution in [1.29, 1.82) is 0 Å². The second kappa shape index (κ2) is 4.94. The number of aryl methyl sites for hydroxylation is 1. The van der Waals surface area contributed by atoms with Crippen molar-refractivity contribution in [3.05, 3.63) is 52.3 Å². The first-order valence-corrected chi connectivity index (χ1v) is 6.54. The highest BCUT2D eigenvalue weighted by Gasteiger charge is 2.17. The third kappa shape index (κ3) is 2.31. The maximum Gasteiger partial charge on any atom is 0.224 e. The van der Waals surface area contributed by atoms with E-state index in [9.17, 15) is 0 Å². The predicted octanol–water partition coefficient (Wildman–Crippen LogP) is 3.23. The van der Waals surface area contributed by atoms with E-state index < -0.39 is 0 Å². The molecule has 0 fully saturated rings. The van der Waals surface area contributed by atoms with Crippen LogP contribution >= 0.6 is 11.6 Å². The molecule has 0 saturated heterocycles. The molecular weight excluding hydrogens is 246 g/mol. The Morgan fingerprint density at radius 2 is 1.94 bits per heavy atom. The van der Waals surface area contributed by atoms with Crippen LogP contribution in [0.15, 0.2) is 30.3 Å². The first-order valence-electron chi connectivity index (χ1n) is 6.16. The summed E-state index contributed by atoms with van der Waals surface area (Å²) in [6, 6.07) is 10.2. The third-order valence-corrected chi connectivity index (χ3v) is 3.49. The highest BCUT2D eigenvalue weighted by Crippen LogP contribution is 2.27. The van der Waals surface area contributed by atoms with E-state index in [-0.39, 0.29) is 0 Å². The Kier molecular flexibility index (Phi) is 3.15. The van der Waals surface area contributed by atoms with Crippen LogP contribution in [0.5, 0.6) is 0 Å². The molecule has 0 saturated carbocycles. The van der Waals surface area contributed by atoms with Crippen molar-refractivity contribution < 1.29 is 0 Å². The third-order valence-electron chi connectivity index (χ3n) is 3.18. The molecule has 0 amide bonds. The summed E-state index contributed by atoms with van der Waals surface area (Å²) >= 11 is 6.17. The van der Waals surface area contributed by atoms with Crippen molar-refractivity contribution in [3.8, 4) is 0 Å². The standard InChI is InChI=1S/C14H14ClN3/c15-13-11-7-4-8-12(11)17-14(18-13)16-9-10-5-2-1-3-6-10/h1-3,5-6H,4,7-9H2,(H,16,17,18). The summed E-state index contributed by atoms with van der Waals surface area (Å²) in [6.45, 7) is 0.718. The zero-order valence-electron chi connectivity index (χ0n) is 9.99. The van der Waals surface area contributed by atoms with Crippen LogP contribution in [0.25, 0.3) is 0 Å². The Balaban J connectivity index is 1.76. The molecule has 0 unspecified atom stereocenters. The quantitative estimate of drug-likeness (QED) is 0.860. The molecule has 1 heterocycles. The van der Waals surface area contributed by atoms with Gasteiger partial charge in [0.1, 0.15) is 5.15 Å². The first-order chi connectivity index (χ1) is 8.83. The molecular formula is C14H14ClN3. The lowest BCUT2D eigenvalue weighted by Crippen LogP contribution is -2.06. The normalized spacial score (nSPS) is 13.4. The zero-order chi connectivity index (χ0) is 12.4. The van der Waals surface area contributed by atoms with E-state index in [4.69, 9.17) is 11.6 Å².